The van der Waals surface area contributed by atoms with Gasteiger partial charge in [-0.15, -0.1) is 0 Å². The summed E-state index contributed by atoms with van der Waals surface area (Å²) in [5.41, 5.74) is 6.12. The van der Waals surface area contributed by atoms with Gasteiger partial charge in [0.25, 0.3) is 0 Å². The zero-order chi connectivity index (χ0) is 31.2. The van der Waals surface area contributed by atoms with Gasteiger partial charge in [-0.3, -0.25) is 9.59 Å². The minimum atomic E-state index is -0.700. The van der Waals surface area contributed by atoms with Gasteiger partial charge in [-0.25, -0.2) is 4.98 Å². The minimum Gasteiger partial charge on any atom is -0.446 e. The molecule has 1 atom stereocenters. The van der Waals surface area contributed by atoms with Crippen molar-refractivity contribution in [3.8, 4) is 0 Å². The third-order valence-electron chi connectivity index (χ3n) is 8.65. The Hall–Kier alpha value is -4.69. The van der Waals surface area contributed by atoms with E-state index in [-0.39, 0.29) is 18.4 Å². The van der Waals surface area contributed by atoms with Crippen molar-refractivity contribution >= 4 is 23.6 Å². The van der Waals surface area contributed by atoms with Crippen LogP contribution in [0.2, 0.25) is 0 Å². The number of anilines is 1. The molecule has 45 heavy (non-hydrogen) atoms. The highest BCUT2D eigenvalue weighted by Gasteiger charge is 2.34. The fourth-order valence-electron chi connectivity index (χ4n) is 6.18. The number of rotatable bonds is 9. The van der Waals surface area contributed by atoms with Crippen LogP contribution in [-0.4, -0.2) is 65.5 Å². The van der Waals surface area contributed by atoms with Crippen molar-refractivity contribution in [3.63, 3.8) is 0 Å². The van der Waals surface area contributed by atoms with Gasteiger partial charge in [-0.1, -0.05) is 66.7 Å². The van der Waals surface area contributed by atoms with Crippen molar-refractivity contribution in [3.05, 3.63) is 125 Å². The first-order chi connectivity index (χ1) is 21.9. The van der Waals surface area contributed by atoms with Gasteiger partial charge < -0.3 is 23.9 Å². The number of fused-ring (bicyclic) bond motifs is 1. The van der Waals surface area contributed by atoms with Crippen LogP contribution in [0.5, 0.6) is 0 Å². The number of amides is 2. The Balaban J connectivity index is 1.33. The summed E-state index contributed by atoms with van der Waals surface area (Å²) >= 11 is 0. The summed E-state index contributed by atoms with van der Waals surface area (Å²) in [5.74, 6) is 0.887. The molecule has 6 rings (SSSR count). The molecule has 8 heteroatoms. The number of hydrogen-bond donors (Lipinski definition) is 0. The fourth-order valence-corrected chi connectivity index (χ4v) is 6.18. The lowest BCUT2D eigenvalue weighted by molar-refractivity contribution is -0.144. The zero-order valence-electron chi connectivity index (χ0n) is 26.0. The third-order valence-corrected chi connectivity index (χ3v) is 8.65. The maximum Gasteiger partial charge on any atom is 0.247 e. The molecule has 3 heterocycles. The van der Waals surface area contributed by atoms with E-state index < -0.39 is 6.04 Å². The van der Waals surface area contributed by atoms with Crippen molar-refractivity contribution < 1.29 is 18.7 Å². The zero-order valence-corrected chi connectivity index (χ0v) is 26.0. The van der Waals surface area contributed by atoms with Crippen LogP contribution in [-0.2, 0) is 40.3 Å². The molecule has 0 aliphatic carbocycles. The topological polar surface area (TPSA) is 79.1 Å². The number of oxazole rings is 1. The molecule has 8 nitrogen and oxygen atoms in total. The third kappa shape index (κ3) is 7.35. The molecule has 1 aromatic heterocycles. The number of morpholine rings is 1. The molecule has 0 saturated carbocycles. The first-order valence-corrected chi connectivity index (χ1v) is 15.7. The summed E-state index contributed by atoms with van der Waals surface area (Å²) in [4.78, 5) is 39.0. The molecule has 2 amide bonds. The summed E-state index contributed by atoms with van der Waals surface area (Å²) in [7, 11) is 0. The lowest BCUT2D eigenvalue weighted by Crippen LogP contribution is -2.52. The van der Waals surface area contributed by atoms with Gasteiger partial charge in [0.1, 0.15) is 17.5 Å². The van der Waals surface area contributed by atoms with Crippen molar-refractivity contribution in [2.45, 2.75) is 45.8 Å². The number of ether oxygens (including phenoxy) is 1. The molecule has 0 unspecified atom stereocenters. The van der Waals surface area contributed by atoms with E-state index in [4.69, 9.17) is 9.15 Å². The number of nitrogens with zero attached hydrogens (tertiary/aromatic N) is 4. The summed E-state index contributed by atoms with van der Waals surface area (Å²) < 4.78 is 11.1. The van der Waals surface area contributed by atoms with E-state index in [0.29, 0.717) is 50.1 Å². The highest BCUT2D eigenvalue weighted by Crippen LogP contribution is 2.24. The van der Waals surface area contributed by atoms with Crippen LogP contribution in [0.15, 0.2) is 89.4 Å². The van der Waals surface area contributed by atoms with Crippen LogP contribution in [0.25, 0.3) is 6.08 Å². The van der Waals surface area contributed by atoms with E-state index in [2.05, 4.69) is 46.3 Å². The van der Waals surface area contributed by atoms with E-state index in [9.17, 15) is 9.59 Å². The predicted octanol–water partition coefficient (Wildman–Crippen LogP) is 5.37. The standard InChI is InChI=1S/C37H40N4O4/c1-27-34(38-28(2)45-27)16-17-36(42)41(25-30-12-14-33(15-13-30)39-20-22-44-23-21-39)35(24-29-8-4-3-5-9-29)37(43)40-19-18-31-10-6-7-11-32(31)26-40/h3-17,35H,18-26H2,1-2H3/b17-16+/t35-/m0/s1. The molecule has 1 fully saturated rings. The van der Waals surface area contributed by atoms with E-state index in [1.807, 2.05) is 54.3 Å². The van der Waals surface area contributed by atoms with Crippen LogP contribution in [0, 0.1) is 13.8 Å². The number of benzene rings is 3. The summed E-state index contributed by atoms with van der Waals surface area (Å²) in [5, 5.41) is 0. The Kier molecular flexibility index (Phi) is 9.41. The molecule has 3 aromatic carbocycles. The highest BCUT2D eigenvalue weighted by atomic mass is 16.5. The number of carbonyl (C=O) groups is 2. The second kappa shape index (κ2) is 13.9. The predicted molar refractivity (Wildman–Crippen MR) is 175 cm³/mol. The van der Waals surface area contributed by atoms with Crippen LogP contribution in [0.1, 0.15) is 39.6 Å². The summed E-state index contributed by atoms with van der Waals surface area (Å²) in [6.45, 7) is 8.17. The SMILES string of the molecule is Cc1nc(/C=C/C(=O)N(Cc2ccc(N3CCOCC3)cc2)[C@@H](Cc2ccccc2)C(=O)N2CCc3ccccc3C2)c(C)o1. The summed E-state index contributed by atoms with van der Waals surface area (Å²) in [6.07, 6.45) is 4.40. The molecule has 2 aliphatic rings. The van der Waals surface area contributed by atoms with Crippen molar-refractivity contribution in [1.82, 2.24) is 14.8 Å². The lowest BCUT2D eigenvalue weighted by Gasteiger charge is -2.37. The lowest BCUT2D eigenvalue weighted by atomic mass is 9.97. The van der Waals surface area contributed by atoms with Gasteiger partial charge in [-0.05, 0) is 53.8 Å². The van der Waals surface area contributed by atoms with Gasteiger partial charge in [0.05, 0.1) is 13.2 Å². The van der Waals surface area contributed by atoms with E-state index in [0.717, 1.165) is 41.9 Å². The van der Waals surface area contributed by atoms with Gasteiger partial charge in [0, 0.05) is 57.8 Å². The minimum absolute atomic E-state index is 0.0477. The molecule has 232 valence electrons. The number of carbonyl (C=O) groups excluding carboxylic acids is 2. The van der Waals surface area contributed by atoms with E-state index in [1.165, 1.54) is 11.6 Å². The fraction of sp³-hybridized carbons (Fsp3) is 0.324. The van der Waals surface area contributed by atoms with Crippen molar-refractivity contribution in [2.24, 2.45) is 0 Å². The molecule has 0 N–H and O–H groups in total. The summed E-state index contributed by atoms with van der Waals surface area (Å²) in [6, 6.07) is 25.8. The second-order valence-electron chi connectivity index (χ2n) is 11.7. The molecule has 4 aromatic rings. The molecule has 1 saturated heterocycles. The molecule has 2 aliphatic heterocycles. The van der Waals surface area contributed by atoms with Gasteiger partial charge in [-0.2, -0.15) is 0 Å². The largest absolute Gasteiger partial charge is 0.446 e. The van der Waals surface area contributed by atoms with Crippen LogP contribution < -0.4 is 4.90 Å². The molecule has 0 spiro atoms. The van der Waals surface area contributed by atoms with E-state index >= 15 is 0 Å². The number of hydrogen-bond acceptors (Lipinski definition) is 6. The van der Waals surface area contributed by atoms with Crippen LogP contribution in [0.3, 0.4) is 0 Å². The average molecular weight is 605 g/mol. The molecule has 0 radical (unpaired) electrons. The molecular formula is C37H40N4O4. The Morgan fingerprint density at radius 1 is 0.889 bits per heavy atom. The van der Waals surface area contributed by atoms with Gasteiger partial charge >= 0.3 is 0 Å². The Morgan fingerprint density at radius 3 is 2.31 bits per heavy atom. The van der Waals surface area contributed by atoms with Crippen molar-refractivity contribution in [1.29, 1.82) is 0 Å². The number of aryl methyl sites for hydroxylation is 2. The first kappa shape index (κ1) is 30.3. The van der Waals surface area contributed by atoms with Crippen LogP contribution >= 0.6 is 0 Å². The Bertz CT molecular complexity index is 1640. The second-order valence-corrected chi connectivity index (χ2v) is 11.7. The molecule has 0 bridgehead atoms. The highest BCUT2D eigenvalue weighted by molar-refractivity contribution is 5.95. The Morgan fingerprint density at radius 2 is 1.60 bits per heavy atom. The monoisotopic (exact) mass is 604 g/mol. The quantitative estimate of drug-likeness (QED) is 0.239. The van der Waals surface area contributed by atoms with Gasteiger partial charge in [0.2, 0.25) is 11.8 Å². The number of aromatic nitrogens is 1. The average Bonchev–Trinajstić information content (AvgIpc) is 3.41. The smallest absolute Gasteiger partial charge is 0.247 e. The maximum absolute atomic E-state index is 14.5. The van der Waals surface area contributed by atoms with E-state index in [1.54, 1.807) is 17.9 Å². The first-order valence-electron chi connectivity index (χ1n) is 15.7. The normalized spacial score (nSPS) is 15.6. The maximum atomic E-state index is 14.5. The molecular weight excluding hydrogens is 564 g/mol. The Labute approximate surface area is 264 Å². The van der Waals surface area contributed by atoms with Crippen LogP contribution in [0.4, 0.5) is 5.69 Å². The van der Waals surface area contributed by atoms with Crippen molar-refractivity contribution in [2.75, 3.05) is 37.7 Å². The van der Waals surface area contributed by atoms with Gasteiger partial charge in [0.15, 0.2) is 5.89 Å².